The topological polar surface area (TPSA) is 105 Å². The maximum atomic E-state index is 10.2. The number of nitrogens with one attached hydrogen (secondary N) is 1. The fourth-order valence-corrected chi connectivity index (χ4v) is 0.566. The second-order valence-corrected chi connectivity index (χ2v) is 2.18. The van der Waals surface area contributed by atoms with Gasteiger partial charge in [0, 0.05) is 6.42 Å². The highest BCUT2D eigenvalue weighted by Crippen LogP contribution is 1.93. The van der Waals surface area contributed by atoms with Gasteiger partial charge in [-0.05, 0) is 6.08 Å². The normalized spacial score (nSPS) is 10.6. The van der Waals surface area contributed by atoms with Crippen LogP contribution in [-0.4, -0.2) is 22.8 Å². The fourth-order valence-electron chi connectivity index (χ4n) is 0.566. The average Bonchev–Trinajstić information content (AvgIpc) is 2.04. The first kappa shape index (κ1) is 11.2. The highest BCUT2D eigenvalue weighted by molar-refractivity contribution is 5.96. The summed E-state index contributed by atoms with van der Waals surface area (Å²) in [5.41, 5.74) is 7.10. The molecule has 2 amide bonds. The van der Waals surface area contributed by atoms with Gasteiger partial charge in [0.15, 0.2) is 0 Å². The number of aliphatic carboxylic acids is 1. The van der Waals surface area contributed by atoms with E-state index in [4.69, 9.17) is 10.8 Å². The number of nitrogens with zero attached hydrogens (tertiary/aromatic N) is 1. The van der Waals surface area contributed by atoms with Crippen molar-refractivity contribution in [2.75, 3.05) is 0 Å². The predicted octanol–water partition coefficient (Wildman–Crippen LogP) is 0.0615. The van der Waals surface area contributed by atoms with Crippen molar-refractivity contribution in [3.8, 4) is 0 Å². The quantitative estimate of drug-likeness (QED) is 0.416. The zero-order chi connectivity index (χ0) is 10.3. The van der Waals surface area contributed by atoms with E-state index in [9.17, 15) is 9.59 Å². The van der Waals surface area contributed by atoms with Crippen LogP contribution < -0.4 is 11.2 Å². The van der Waals surface area contributed by atoms with Crippen molar-refractivity contribution in [1.29, 1.82) is 0 Å². The van der Waals surface area contributed by atoms with Gasteiger partial charge in [-0.3, -0.25) is 4.79 Å². The first-order valence-corrected chi connectivity index (χ1v) is 3.52. The largest absolute Gasteiger partial charge is 0.481 e. The van der Waals surface area contributed by atoms with Crippen LogP contribution in [0.2, 0.25) is 0 Å². The molecule has 0 fully saturated rings. The summed E-state index contributed by atoms with van der Waals surface area (Å²) in [5.74, 6) is -0.936. The van der Waals surface area contributed by atoms with E-state index in [1.807, 2.05) is 5.43 Å². The Labute approximate surface area is 75.1 Å². The Bertz CT molecular complexity index is 247. The van der Waals surface area contributed by atoms with Gasteiger partial charge in [-0.15, -0.1) is 0 Å². The molecular weight excluding hydrogens is 174 g/mol. The summed E-state index contributed by atoms with van der Waals surface area (Å²) < 4.78 is 0. The van der Waals surface area contributed by atoms with Crippen molar-refractivity contribution in [1.82, 2.24) is 5.43 Å². The standard InChI is InChI=1S/C7H11N3O3/c1-2-5(3-4-6(11)12)9-10-7(8)13/h2H,1,3-4H2,(H,11,12)(H3,8,10,13). The molecule has 0 atom stereocenters. The molecule has 0 rings (SSSR count). The molecule has 72 valence electrons. The molecule has 0 radical (unpaired) electrons. The van der Waals surface area contributed by atoms with Gasteiger partial charge in [0.25, 0.3) is 0 Å². The molecule has 6 heteroatoms. The lowest BCUT2D eigenvalue weighted by atomic mass is 10.2. The van der Waals surface area contributed by atoms with E-state index in [0.717, 1.165) is 0 Å². The van der Waals surface area contributed by atoms with Gasteiger partial charge in [-0.2, -0.15) is 5.10 Å². The van der Waals surface area contributed by atoms with Crippen LogP contribution in [0.25, 0.3) is 0 Å². The van der Waals surface area contributed by atoms with E-state index in [-0.39, 0.29) is 12.8 Å². The van der Waals surface area contributed by atoms with Crippen molar-refractivity contribution in [3.63, 3.8) is 0 Å². The van der Waals surface area contributed by atoms with E-state index < -0.39 is 12.0 Å². The van der Waals surface area contributed by atoms with Crippen LogP contribution in [0, 0.1) is 0 Å². The van der Waals surface area contributed by atoms with E-state index in [1.54, 1.807) is 0 Å². The second-order valence-electron chi connectivity index (χ2n) is 2.18. The molecule has 0 spiro atoms. The second kappa shape index (κ2) is 5.76. The van der Waals surface area contributed by atoms with Crippen molar-refractivity contribution < 1.29 is 14.7 Å². The molecule has 0 saturated heterocycles. The molecule has 0 aliphatic carbocycles. The summed E-state index contributed by atoms with van der Waals surface area (Å²) in [6, 6.07) is -0.797. The van der Waals surface area contributed by atoms with Gasteiger partial charge in [-0.25, -0.2) is 10.2 Å². The zero-order valence-electron chi connectivity index (χ0n) is 6.99. The average molecular weight is 185 g/mol. The van der Waals surface area contributed by atoms with Crippen molar-refractivity contribution in [3.05, 3.63) is 12.7 Å². The summed E-state index contributed by atoms with van der Waals surface area (Å²) in [5, 5.41) is 11.9. The molecule has 6 nitrogen and oxygen atoms in total. The third-order valence-corrected chi connectivity index (χ3v) is 1.14. The summed E-state index contributed by atoms with van der Waals surface area (Å²) in [6.45, 7) is 3.40. The molecule has 13 heavy (non-hydrogen) atoms. The number of carboxylic acid groups (broad SMARTS) is 1. The number of hydrogen-bond acceptors (Lipinski definition) is 3. The van der Waals surface area contributed by atoms with E-state index in [0.29, 0.717) is 5.71 Å². The lowest BCUT2D eigenvalue weighted by molar-refractivity contribution is -0.136. The number of urea groups is 1. The summed E-state index contributed by atoms with van der Waals surface area (Å²) in [6.07, 6.45) is 1.50. The number of amides is 2. The maximum Gasteiger partial charge on any atom is 0.332 e. The van der Waals surface area contributed by atoms with Crippen molar-refractivity contribution in [2.24, 2.45) is 10.8 Å². The van der Waals surface area contributed by atoms with E-state index >= 15 is 0 Å². The minimum absolute atomic E-state index is 0.0642. The Balaban J connectivity index is 4.01. The molecule has 0 bridgehead atoms. The monoisotopic (exact) mass is 185 g/mol. The van der Waals surface area contributed by atoms with Gasteiger partial charge in [-0.1, -0.05) is 6.58 Å². The van der Waals surface area contributed by atoms with Crippen LogP contribution in [0.15, 0.2) is 17.8 Å². The molecule has 0 aliphatic rings. The number of allylic oxidation sites excluding steroid dienone is 1. The molecule has 0 heterocycles. The summed E-state index contributed by atoms with van der Waals surface area (Å²) in [4.78, 5) is 20.4. The van der Waals surface area contributed by atoms with Crippen LogP contribution in [0.3, 0.4) is 0 Å². The Morgan fingerprint density at radius 1 is 1.54 bits per heavy atom. The third kappa shape index (κ3) is 6.54. The van der Waals surface area contributed by atoms with Crippen LogP contribution in [0.1, 0.15) is 12.8 Å². The Morgan fingerprint density at radius 2 is 2.15 bits per heavy atom. The minimum atomic E-state index is -0.936. The molecular formula is C7H11N3O3. The fraction of sp³-hybridized carbons (Fsp3) is 0.286. The van der Waals surface area contributed by atoms with Gasteiger partial charge >= 0.3 is 12.0 Å². The number of carbonyl (C=O) groups is 2. The smallest absolute Gasteiger partial charge is 0.332 e. The van der Waals surface area contributed by atoms with Crippen LogP contribution in [-0.2, 0) is 4.79 Å². The molecule has 0 aliphatic heterocycles. The first-order valence-electron chi connectivity index (χ1n) is 3.52. The molecule has 0 aromatic carbocycles. The number of nitrogens with two attached hydrogens (primary N) is 1. The molecule has 0 unspecified atom stereocenters. The Hall–Kier alpha value is -1.85. The van der Waals surface area contributed by atoms with E-state index in [2.05, 4.69) is 11.7 Å². The first-order chi connectivity index (χ1) is 6.06. The van der Waals surface area contributed by atoms with Gasteiger partial charge in [0.2, 0.25) is 0 Å². The molecule has 0 aromatic rings. The van der Waals surface area contributed by atoms with Crippen LogP contribution in [0.5, 0.6) is 0 Å². The lowest BCUT2D eigenvalue weighted by Gasteiger charge is -1.98. The molecule has 4 N–H and O–H groups in total. The Morgan fingerprint density at radius 3 is 2.54 bits per heavy atom. The number of hydrogen-bond donors (Lipinski definition) is 3. The van der Waals surface area contributed by atoms with Gasteiger partial charge in [0.05, 0.1) is 12.1 Å². The molecule has 0 saturated carbocycles. The number of hydrazone groups is 1. The van der Waals surface area contributed by atoms with E-state index in [1.165, 1.54) is 6.08 Å². The highest BCUT2D eigenvalue weighted by Gasteiger charge is 2.00. The van der Waals surface area contributed by atoms with Crippen LogP contribution >= 0.6 is 0 Å². The highest BCUT2D eigenvalue weighted by atomic mass is 16.4. The zero-order valence-corrected chi connectivity index (χ0v) is 6.99. The number of primary amides is 1. The van der Waals surface area contributed by atoms with Crippen LogP contribution in [0.4, 0.5) is 4.79 Å². The predicted molar refractivity (Wildman–Crippen MR) is 47.2 cm³/mol. The molecule has 0 aromatic heterocycles. The minimum Gasteiger partial charge on any atom is -0.481 e. The van der Waals surface area contributed by atoms with Crippen molar-refractivity contribution in [2.45, 2.75) is 12.8 Å². The number of carbonyl (C=O) groups excluding carboxylic acids is 1. The summed E-state index contributed by atoms with van der Waals surface area (Å²) in [7, 11) is 0. The number of rotatable bonds is 5. The van der Waals surface area contributed by atoms with Crippen molar-refractivity contribution >= 4 is 17.7 Å². The van der Waals surface area contributed by atoms with Gasteiger partial charge < -0.3 is 10.8 Å². The number of carboxylic acids is 1. The lowest BCUT2D eigenvalue weighted by Crippen LogP contribution is -2.25. The Kier molecular flexibility index (Phi) is 4.94. The third-order valence-electron chi connectivity index (χ3n) is 1.14. The van der Waals surface area contributed by atoms with Gasteiger partial charge in [0.1, 0.15) is 0 Å². The summed E-state index contributed by atoms with van der Waals surface area (Å²) >= 11 is 0. The SMILES string of the molecule is C=CC(CCC(=O)O)=NNC(N)=O. The maximum absolute atomic E-state index is 10.2.